The third kappa shape index (κ3) is 3.84. The summed E-state index contributed by atoms with van der Waals surface area (Å²) < 4.78 is 5.35. The molecule has 3 rings (SSSR count). The van der Waals surface area contributed by atoms with E-state index < -0.39 is 12.1 Å². The Morgan fingerprint density at radius 3 is 2.48 bits per heavy atom. The fraction of sp³-hybridized carbons (Fsp3) is 0.556. The number of rotatable bonds is 4. The maximum absolute atomic E-state index is 11.8. The van der Waals surface area contributed by atoms with Crippen LogP contribution in [0.5, 0.6) is 0 Å². The van der Waals surface area contributed by atoms with Crippen LogP contribution in [-0.4, -0.2) is 24.6 Å². The van der Waals surface area contributed by atoms with E-state index in [-0.39, 0.29) is 12.0 Å². The molecule has 1 heterocycles. The summed E-state index contributed by atoms with van der Waals surface area (Å²) in [4.78, 5) is 22.9. The van der Waals surface area contributed by atoms with Crippen molar-refractivity contribution in [1.82, 2.24) is 10.6 Å². The number of ether oxygens (including phenoxy) is 1. The van der Waals surface area contributed by atoms with Crippen molar-refractivity contribution in [3.05, 3.63) is 35.4 Å². The van der Waals surface area contributed by atoms with Gasteiger partial charge in [-0.3, -0.25) is 4.79 Å². The molecular formula is C18H24N2O3. The Kier molecular flexibility index (Phi) is 4.84. The van der Waals surface area contributed by atoms with Crippen LogP contribution in [0.1, 0.15) is 62.2 Å². The second-order valence-corrected chi connectivity index (χ2v) is 6.49. The molecule has 124 valence electrons. The lowest BCUT2D eigenvalue weighted by atomic mass is 9.84. The number of nitrogens with one attached hydrogen (secondary N) is 2. The topological polar surface area (TPSA) is 67.4 Å². The van der Waals surface area contributed by atoms with Crippen LogP contribution in [0.2, 0.25) is 0 Å². The van der Waals surface area contributed by atoms with Gasteiger partial charge in [0, 0.05) is 6.54 Å². The van der Waals surface area contributed by atoms with Crippen LogP contribution >= 0.6 is 0 Å². The highest BCUT2D eigenvalue weighted by molar-refractivity contribution is 5.90. The van der Waals surface area contributed by atoms with Crippen LogP contribution in [-0.2, 0) is 9.53 Å². The van der Waals surface area contributed by atoms with Gasteiger partial charge in [-0.2, -0.15) is 0 Å². The largest absolute Gasteiger partial charge is 0.442 e. The summed E-state index contributed by atoms with van der Waals surface area (Å²) in [5.74, 6) is 0.515. The van der Waals surface area contributed by atoms with Crippen molar-refractivity contribution in [3.63, 3.8) is 0 Å². The molecule has 1 saturated carbocycles. The molecule has 5 nitrogen and oxygen atoms in total. The van der Waals surface area contributed by atoms with Gasteiger partial charge in [0.25, 0.3) is 0 Å². The van der Waals surface area contributed by atoms with Gasteiger partial charge in [0.1, 0.15) is 12.1 Å². The Hall–Kier alpha value is -2.04. The fourth-order valence-electron chi connectivity index (χ4n) is 3.28. The van der Waals surface area contributed by atoms with Gasteiger partial charge in [0.05, 0.1) is 0 Å². The number of alkyl carbamates (subject to hydrolysis) is 1. The van der Waals surface area contributed by atoms with E-state index in [2.05, 4.69) is 22.8 Å². The molecule has 0 bridgehead atoms. The summed E-state index contributed by atoms with van der Waals surface area (Å²) in [5, 5.41) is 5.13. The molecule has 0 radical (unpaired) electrons. The molecule has 1 saturated heterocycles. The minimum atomic E-state index is -0.547. The SMILES string of the molecule is C[C@@H](OC(=O)N[C@H]1CNC1=O)c1ccc(C2CCCCC2)cc1. The van der Waals surface area contributed by atoms with E-state index in [4.69, 9.17) is 4.74 Å². The smallest absolute Gasteiger partial charge is 0.408 e. The normalized spacial score (nSPS) is 22.7. The first kappa shape index (κ1) is 15.8. The number of carbonyl (C=O) groups excluding carboxylic acids is 2. The standard InChI is InChI=1S/C18H24N2O3/c1-12(23-18(22)20-16-11-19-17(16)21)13-7-9-15(10-8-13)14-5-3-2-4-6-14/h7-10,12,14,16H,2-6,11H2,1H3,(H,19,21)(H,20,22)/t12-,16+/m1/s1. The van der Waals surface area contributed by atoms with Gasteiger partial charge in [-0.15, -0.1) is 0 Å². The third-order valence-electron chi connectivity index (χ3n) is 4.86. The van der Waals surface area contributed by atoms with Crippen LogP contribution in [0.25, 0.3) is 0 Å². The third-order valence-corrected chi connectivity index (χ3v) is 4.86. The molecule has 5 heteroatoms. The summed E-state index contributed by atoms with van der Waals surface area (Å²) in [6.45, 7) is 2.31. The summed E-state index contributed by atoms with van der Waals surface area (Å²) >= 11 is 0. The highest BCUT2D eigenvalue weighted by atomic mass is 16.6. The molecule has 0 aromatic heterocycles. The summed E-state index contributed by atoms with van der Waals surface area (Å²) in [6, 6.07) is 7.93. The molecule has 2 fully saturated rings. The van der Waals surface area contributed by atoms with E-state index in [9.17, 15) is 9.59 Å². The van der Waals surface area contributed by atoms with Gasteiger partial charge in [-0.05, 0) is 36.8 Å². The van der Waals surface area contributed by atoms with Crippen molar-refractivity contribution in [3.8, 4) is 0 Å². The van der Waals surface area contributed by atoms with Gasteiger partial charge in [0.2, 0.25) is 5.91 Å². The van der Waals surface area contributed by atoms with Crippen molar-refractivity contribution in [2.24, 2.45) is 0 Å². The van der Waals surface area contributed by atoms with Crippen LogP contribution in [0.4, 0.5) is 4.79 Å². The zero-order chi connectivity index (χ0) is 16.2. The van der Waals surface area contributed by atoms with Gasteiger partial charge < -0.3 is 15.4 Å². The number of β-lactam (4-membered cyclic amide) rings is 1. The second kappa shape index (κ2) is 7.02. The van der Waals surface area contributed by atoms with Gasteiger partial charge in [-0.25, -0.2) is 4.79 Å². The molecule has 2 N–H and O–H groups in total. The minimum absolute atomic E-state index is 0.161. The lowest BCUT2D eigenvalue weighted by Crippen LogP contribution is -2.61. The summed E-state index contributed by atoms with van der Waals surface area (Å²) in [6.07, 6.45) is 5.66. The van der Waals surface area contributed by atoms with Crippen LogP contribution < -0.4 is 10.6 Å². The number of benzene rings is 1. The maximum Gasteiger partial charge on any atom is 0.408 e. The molecule has 0 unspecified atom stereocenters. The molecular weight excluding hydrogens is 292 g/mol. The molecule has 1 aromatic carbocycles. The molecule has 2 atom stereocenters. The minimum Gasteiger partial charge on any atom is -0.442 e. The van der Waals surface area contributed by atoms with Gasteiger partial charge in [0.15, 0.2) is 0 Å². The lowest BCUT2D eigenvalue weighted by molar-refractivity contribution is -0.128. The Morgan fingerprint density at radius 2 is 1.91 bits per heavy atom. The Morgan fingerprint density at radius 1 is 1.22 bits per heavy atom. The lowest BCUT2D eigenvalue weighted by Gasteiger charge is -2.27. The maximum atomic E-state index is 11.8. The molecule has 23 heavy (non-hydrogen) atoms. The van der Waals surface area contributed by atoms with Crippen LogP contribution in [0.3, 0.4) is 0 Å². The van der Waals surface area contributed by atoms with Crippen LogP contribution in [0, 0.1) is 0 Å². The number of hydrogen-bond donors (Lipinski definition) is 2. The molecule has 1 aliphatic carbocycles. The van der Waals surface area contributed by atoms with Crippen molar-refractivity contribution in [1.29, 1.82) is 0 Å². The van der Waals surface area contributed by atoms with Crippen molar-refractivity contribution in [2.45, 2.75) is 57.1 Å². The Balaban J connectivity index is 1.53. The van der Waals surface area contributed by atoms with E-state index in [0.29, 0.717) is 12.5 Å². The number of hydrogen-bond acceptors (Lipinski definition) is 3. The molecule has 0 spiro atoms. The fourth-order valence-corrected chi connectivity index (χ4v) is 3.28. The average molecular weight is 316 g/mol. The van der Waals surface area contributed by atoms with E-state index in [0.717, 1.165) is 5.56 Å². The highest BCUT2D eigenvalue weighted by Crippen LogP contribution is 2.33. The Labute approximate surface area is 136 Å². The number of carbonyl (C=O) groups is 2. The monoisotopic (exact) mass is 316 g/mol. The highest BCUT2D eigenvalue weighted by Gasteiger charge is 2.30. The van der Waals surface area contributed by atoms with Gasteiger partial charge >= 0.3 is 6.09 Å². The van der Waals surface area contributed by atoms with E-state index in [1.165, 1.54) is 37.7 Å². The first-order valence-electron chi connectivity index (χ1n) is 8.48. The zero-order valence-electron chi connectivity index (χ0n) is 13.5. The van der Waals surface area contributed by atoms with E-state index in [1.54, 1.807) is 0 Å². The second-order valence-electron chi connectivity index (χ2n) is 6.49. The number of amides is 2. The van der Waals surface area contributed by atoms with Crippen LogP contribution in [0.15, 0.2) is 24.3 Å². The Bertz CT molecular complexity index is 564. The molecule has 1 aromatic rings. The zero-order valence-corrected chi connectivity index (χ0v) is 13.5. The first-order chi connectivity index (χ1) is 11.1. The van der Waals surface area contributed by atoms with E-state index >= 15 is 0 Å². The summed E-state index contributed by atoms with van der Waals surface area (Å²) in [7, 11) is 0. The van der Waals surface area contributed by atoms with Crippen molar-refractivity contribution >= 4 is 12.0 Å². The first-order valence-corrected chi connectivity index (χ1v) is 8.48. The van der Waals surface area contributed by atoms with Gasteiger partial charge in [-0.1, -0.05) is 43.5 Å². The van der Waals surface area contributed by atoms with Crippen molar-refractivity contribution < 1.29 is 14.3 Å². The molecule has 2 aliphatic rings. The van der Waals surface area contributed by atoms with Crippen molar-refractivity contribution in [2.75, 3.05) is 6.54 Å². The summed E-state index contributed by atoms with van der Waals surface area (Å²) in [5.41, 5.74) is 2.36. The molecule has 1 aliphatic heterocycles. The predicted molar refractivity (Wildman–Crippen MR) is 87.1 cm³/mol. The predicted octanol–water partition coefficient (Wildman–Crippen LogP) is 3.02. The molecule has 2 amide bonds. The van der Waals surface area contributed by atoms with E-state index in [1.807, 2.05) is 19.1 Å². The quantitative estimate of drug-likeness (QED) is 0.839. The average Bonchev–Trinajstić information content (AvgIpc) is 2.59.